The highest BCUT2D eigenvalue weighted by molar-refractivity contribution is 7.99. The molecular weight excluding hydrogens is 400 g/mol. The molecule has 0 atom stereocenters. The Kier molecular flexibility index (Phi) is 6.88. The Balaban J connectivity index is 1.77. The molecule has 1 aromatic heterocycles. The van der Waals surface area contributed by atoms with E-state index in [4.69, 9.17) is 4.74 Å². The molecule has 3 rings (SSSR count). The molecule has 2 N–H and O–H groups in total. The third-order valence-corrected chi connectivity index (χ3v) is 5.01. The normalized spacial score (nSPS) is 10.3. The topological polar surface area (TPSA) is 108 Å². The fraction of sp³-hybridized carbons (Fsp3) is 0.182. The number of nitriles is 1. The number of amides is 1. The molecule has 0 aliphatic rings. The second-order valence-electron chi connectivity index (χ2n) is 6.34. The number of thioether (sulfide) groups is 1. The molecule has 1 amide bonds. The predicted octanol–water partition coefficient (Wildman–Crippen LogP) is 3.75. The second kappa shape index (κ2) is 9.76. The van der Waals surface area contributed by atoms with E-state index < -0.39 is 5.56 Å². The maximum Gasteiger partial charge on any atom is 0.270 e. The van der Waals surface area contributed by atoms with Crippen LogP contribution in [-0.2, 0) is 4.79 Å². The van der Waals surface area contributed by atoms with Gasteiger partial charge in [-0.1, -0.05) is 53.7 Å². The number of benzene rings is 2. The number of hydrogen-bond acceptors (Lipinski definition) is 6. The fourth-order valence-corrected chi connectivity index (χ4v) is 3.38. The van der Waals surface area contributed by atoms with Gasteiger partial charge in [0, 0.05) is 5.56 Å². The minimum absolute atomic E-state index is 0.0304. The number of aromatic amines is 1. The number of carbonyl (C=O) groups is 1. The van der Waals surface area contributed by atoms with Crippen LogP contribution < -0.4 is 15.6 Å². The number of para-hydroxylation sites is 2. The standard InChI is InChI=1S/C22H20N4O3S/c1-3-29-18-7-5-4-6-17(18)24-19(27)13-30-22-25-20(16(12-23)21(28)26-22)15-10-8-14(2)9-11-15/h4-11H,3,13H2,1-2H3,(H,24,27)(H,25,26,28). The summed E-state index contributed by atoms with van der Waals surface area (Å²) in [5, 5.41) is 12.4. The molecule has 7 nitrogen and oxygen atoms in total. The zero-order valence-electron chi connectivity index (χ0n) is 16.6. The van der Waals surface area contributed by atoms with Crippen LogP contribution in [0.4, 0.5) is 5.69 Å². The number of rotatable bonds is 7. The van der Waals surface area contributed by atoms with Crippen molar-refractivity contribution in [1.82, 2.24) is 9.97 Å². The monoisotopic (exact) mass is 420 g/mol. The molecule has 1 heterocycles. The lowest BCUT2D eigenvalue weighted by molar-refractivity contribution is -0.113. The first-order chi connectivity index (χ1) is 14.5. The first-order valence-electron chi connectivity index (χ1n) is 9.27. The number of aromatic nitrogens is 2. The van der Waals surface area contributed by atoms with E-state index in [1.54, 1.807) is 18.2 Å². The van der Waals surface area contributed by atoms with Crippen LogP contribution in [-0.4, -0.2) is 28.2 Å². The summed E-state index contributed by atoms with van der Waals surface area (Å²) in [7, 11) is 0. The predicted molar refractivity (Wildman–Crippen MR) is 117 cm³/mol. The maximum atomic E-state index is 12.4. The van der Waals surface area contributed by atoms with Crippen LogP contribution >= 0.6 is 11.8 Å². The molecule has 0 spiro atoms. The van der Waals surface area contributed by atoms with Gasteiger partial charge in [-0.15, -0.1) is 0 Å². The van der Waals surface area contributed by atoms with Gasteiger partial charge in [-0.3, -0.25) is 9.59 Å². The van der Waals surface area contributed by atoms with E-state index in [-0.39, 0.29) is 22.4 Å². The Hall–Kier alpha value is -3.57. The summed E-state index contributed by atoms with van der Waals surface area (Å²) in [6.07, 6.45) is 0. The average molecular weight is 420 g/mol. The van der Waals surface area contributed by atoms with Crippen LogP contribution in [0.1, 0.15) is 18.1 Å². The first kappa shape index (κ1) is 21.1. The van der Waals surface area contributed by atoms with Gasteiger partial charge in [-0.05, 0) is 26.0 Å². The van der Waals surface area contributed by atoms with Crippen molar-refractivity contribution in [3.63, 3.8) is 0 Å². The lowest BCUT2D eigenvalue weighted by Crippen LogP contribution is -2.18. The molecule has 0 fully saturated rings. The minimum Gasteiger partial charge on any atom is -0.492 e. The van der Waals surface area contributed by atoms with E-state index in [2.05, 4.69) is 15.3 Å². The number of H-pyrrole nitrogens is 1. The summed E-state index contributed by atoms with van der Waals surface area (Å²) < 4.78 is 5.50. The van der Waals surface area contributed by atoms with Crippen molar-refractivity contribution >= 4 is 23.4 Å². The highest BCUT2D eigenvalue weighted by atomic mass is 32.2. The van der Waals surface area contributed by atoms with Gasteiger partial charge in [-0.25, -0.2) is 4.98 Å². The molecule has 2 aromatic carbocycles. The van der Waals surface area contributed by atoms with Crippen LogP contribution in [0.25, 0.3) is 11.3 Å². The maximum absolute atomic E-state index is 12.4. The van der Waals surface area contributed by atoms with Crippen molar-refractivity contribution in [1.29, 1.82) is 5.26 Å². The Bertz CT molecular complexity index is 1150. The Labute approximate surface area is 178 Å². The number of hydrogen-bond donors (Lipinski definition) is 2. The Morgan fingerprint density at radius 1 is 1.23 bits per heavy atom. The smallest absolute Gasteiger partial charge is 0.270 e. The molecule has 0 aliphatic heterocycles. The number of ether oxygens (including phenoxy) is 1. The summed E-state index contributed by atoms with van der Waals surface area (Å²) in [4.78, 5) is 31.7. The lowest BCUT2D eigenvalue weighted by Gasteiger charge is -2.11. The van der Waals surface area contributed by atoms with E-state index in [1.807, 2.05) is 50.2 Å². The SMILES string of the molecule is CCOc1ccccc1NC(=O)CSc1nc(-c2ccc(C)cc2)c(C#N)c(=O)[nH]1. The average Bonchev–Trinajstić information content (AvgIpc) is 2.74. The Morgan fingerprint density at radius 2 is 1.97 bits per heavy atom. The molecule has 0 saturated heterocycles. The summed E-state index contributed by atoms with van der Waals surface area (Å²) in [5.74, 6) is 0.351. The van der Waals surface area contributed by atoms with Gasteiger partial charge in [0.15, 0.2) is 5.16 Å². The molecule has 3 aromatic rings. The number of carbonyl (C=O) groups excluding carboxylic acids is 1. The van der Waals surface area contributed by atoms with Crippen molar-refractivity contribution < 1.29 is 9.53 Å². The van der Waals surface area contributed by atoms with Crippen molar-refractivity contribution in [2.24, 2.45) is 0 Å². The zero-order valence-corrected chi connectivity index (χ0v) is 17.4. The molecule has 0 radical (unpaired) electrons. The van der Waals surface area contributed by atoms with E-state index in [1.165, 1.54) is 0 Å². The van der Waals surface area contributed by atoms with E-state index in [0.29, 0.717) is 29.3 Å². The van der Waals surface area contributed by atoms with Gasteiger partial charge in [0.05, 0.1) is 23.7 Å². The zero-order chi connectivity index (χ0) is 21.5. The third-order valence-electron chi connectivity index (χ3n) is 4.14. The van der Waals surface area contributed by atoms with Crippen LogP contribution in [0, 0.1) is 18.3 Å². The summed E-state index contributed by atoms with van der Waals surface area (Å²) >= 11 is 1.08. The molecule has 0 bridgehead atoms. The van der Waals surface area contributed by atoms with Crippen LogP contribution in [0.5, 0.6) is 5.75 Å². The highest BCUT2D eigenvalue weighted by Gasteiger charge is 2.15. The summed E-state index contributed by atoms with van der Waals surface area (Å²) in [5.41, 5.74) is 2.00. The van der Waals surface area contributed by atoms with Crippen molar-refractivity contribution in [3.05, 3.63) is 70.0 Å². The van der Waals surface area contributed by atoms with Crippen LogP contribution in [0.3, 0.4) is 0 Å². The molecule has 30 heavy (non-hydrogen) atoms. The van der Waals surface area contributed by atoms with Gasteiger partial charge < -0.3 is 15.0 Å². The third kappa shape index (κ3) is 5.07. The minimum atomic E-state index is -0.535. The van der Waals surface area contributed by atoms with Gasteiger partial charge >= 0.3 is 0 Å². The van der Waals surface area contributed by atoms with Gasteiger partial charge in [0.2, 0.25) is 5.91 Å². The van der Waals surface area contributed by atoms with E-state index in [9.17, 15) is 14.9 Å². The molecule has 0 saturated carbocycles. The van der Waals surface area contributed by atoms with Crippen molar-refractivity contribution in [2.45, 2.75) is 19.0 Å². The van der Waals surface area contributed by atoms with Gasteiger partial charge in [-0.2, -0.15) is 5.26 Å². The number of nitrogens with one attached hydrogen (secondary N) is 2. The molecular formula is C22H20N4O3S. The van der Waals surface area contributed by atoms with Gasteiger partial charge in [0.25, 0.3) is 5.56 Å². The molecule has 0 aliphatic carbocycles. The summed E-state index contributed by atoms with van der Waals surface area (Å²) in [6, 6.07) is 16.5. The van der Waals surface area contributed by atoms with E-state index >= 15 is 0 Å². The molecule has 152 valence electrons. The Morgan fingerprint density at radius 3 is 2.67 bits per heavy atom. The molecule has 8 heteroatoms. The fourth-order valence-electron chi connectivity index (χ4n) is 2.72. The van der Waals surface area contributed by atoms with Crippen LogP contribution in [0.15, 0.2) is 58.5 Å². The highest BCUT2D eigenvalue weighted by Crippen LogP contribution is 2.25. The molecule has 0 unspecified atom stereocenters. The number of anilines is 1. The first-order valence-corrected chi connectivity index (χ1v) is 10.3. The largest absolute Gasteiger partial charge is 0.492 e. The number of nitrogens with zero attached hydrogens (tertiary/aromatic N) is 2. The van der Waals surface area contributed by atoms with Crippen LogP contribution in [0.2, 0.25) is 0 Å². The van der Waals surface area contributed by atoms with E-state index in [0.717, 1.165) is 17.3 Å². The van der Waals surface area contributed by atoms with Gasteiger partial charge in [0.1, 0.15) is 17.4 Å². The summed E-state index contributed by atoms with van der Waals surface area (Å²) in [6.45, 7) is 4.30. The quantitative estimate of drug-likeness (QED) is 0.445. The number of aryl methyl sites for hydroxylation is 1. The lowest BCUT2D eigenvalue weighted by atomic mass is 10.1. The second-order valence-corrected chi connectivity index (χ2v) is 7.30. The van der Waals surface area contributed by atoms with Crippen molar-refractivity contribution in [3.8, 4) is 23.1 Å². The van der Waals surface area contributed by atoms with Crippen molar-refractivity contribution in [2.75, 3.05) is 17.7 Å².